The normalized spacial score (nSPS) is 12.4. The fraction of sp³-hybridized carbons (Fsp3) is 0. The Hall–Kier alpha value is -8.15. The van der Waals surface area contributed by atoms with Crippen molar-refractivity contribution in [3.05, 3.63) is 198 Å². The minimum absolute atomic E-state index is 0.0128. The van der Waals surface area contributed by atoms with E-state index in [2.05, 4.69) is 161 Å². The number of rotatable bonds is 3. The van der Waals surface area contributed by atoms with Crippen LogP contribution in [0.4, 0.5) is 0 Å². The SMILES string of the molecule is O=c1c2ccccc2c2cc(-c3cccc4c3oc3ccc(-n5c6ccccc6c6c7c8ccccc8n(-c8ccccc8)c7ccc65)cc34)cc3c4ccccc4n1c23. The van der Waals surface area contributed by atoms with Gasteiger partial charge in [-0.2, -0.15) is 0 Å². The first kappa shape index (κ1) is 31.9. The molecule has 0 atom stereocenters. The predicted octanol–water partition coefficient (Wildman–Crippen LogP) is 14.0. The van der Waals surface area contributed by atoms with Crippen molar-refractivity contribution in [1.29, 1.82) is 0 Å². The number of para-hydroxylation sites is 5. The Morgan fingerprint density at radius 1 is 0.367 bits per heavy atom. The van der Waals surface area contributed by atoms with Crippen LogP contribution in [0.15, 0.2) is 197 Å². The van der Waals surface area contributed by atoms with Crippen LogP contribution in [0, 0.1) is 0 Å². The number of benzene rings is 9. The molecule has 0 saturated heterocycles. The molecule has 0 aliphatic carbocycles. The van der Waals surface area contributed by atoms with Gasteiger partial charge in [0.1, 0.15) is 11.2 Å². The molecule has 0 bridgehead atoms. The van der Waals surface area contributed by atoms with Crippen LogP contribution in [0.25, 0.3) is 126 Å². The minimum atomic E-state index is 0.0128. The summed E-state index contributed by atoms with van der Waals surface area (Å²) in [5.74, 6) is 0. The summed E-state index contributed by atoms with van der Waals surface area (Å²) in [5, 5.41) is 11.9. The molecule has 0 spiro atoms. The summed E-state index contributed by atoms with van der Waals surface area (Å²) in [7, 11) is 0. The highest BCUT2D eigenvalue weighted by Gasteiger charge is 2.23. The van der Waals surface area contributed by atoms with E-state index in [1.807, 2.05) is 40.8 Å². The molecule has 60 heavy (non-hydrogen) atoms. The van der Waals surface area contributed by atoms with Crippen LogP contribution in [0.2, 0.25) is 0 Å². The van der Waals surface area contributed by atoms with Crippen LogP contribution >= 0.6 is 0 Å². The lowest BCUT2D eigenvalue weighted by Crippen LogP contribution is -2.12. The topological polar surface area (TPSA) is 44.5 Å². The molecule has 0 amide bonds. The Labute approximate surface area is 341 Å². The minimum Gasteiger partial charge on any atom is -0.455 e. The van der Waals surface area contributed by atoms with Crippen LogP contribution in [-0.4, -0.2) is 13.5 Å². The van der Waals surface area contributed by atoms with Crippen molar-refractivity contribution in [1.82, 2.24) is 13.5 Å². The molecule has 0 aliphatic rings. The number of hydrogen-bond donors (Lipinski definition) is 0. The Kier molecular flexibility index (Phi) is 6.11. The molecule has 5 nitrogen and oxygen atoms in total. The standard InChI is InChI=1S/C55H31N3O2/c59-55-39-17-5-4-15-36(39)43-29-32(30-44-37-16-6-9-22-45(37)58(55)53(43)44)35-20-12-21-38-42-31-34(25-28-50(42)60-54(35)38)57-47-24-11-8-19-41(47)52-49(57)27-26-48-51(52)40-18-7-10-23-46(40)56(48)33-13-2-1-3-14-33/h1-31H. The van der Waals surface area contributed by atoms with Crippen LogP contribution in [0.1, 0.15) is 0 Å². The van der Waals surface area contributed by atoms with Crippen molar-refractivity contribution in [2.45, 2.75) is 0 Å². The third-order valence-electron chi connectivity index (χ3n) is 13.0. The van der Waals surface area contributed by atoms with E-state index >= 15 is 0 Å². The summed E-state index contributed by atoms with van der Waals surface area (Å²) in [6, 6.07) is 66.5. The lowest BCUT2D eigenvalue weighted by atomic mass is 9.96. The van der Waals surface area contributed by atoms with Crippen molar-refractivity contribution in [3.8, 4) is 22.5 Å². The highest BCUT2D eigenvalue weighted by molar-refractivity contribution is 6.29. The second-order valence-corrected chi connectivity index (χ2v) is 16.0. The van der Waals surface area contributed by atoms with Gasteiger partial charge in [0.2, 0.25) is 0 Å². The average Bonchev–Trinajstić information content (AvgIpc) is 4.05. The van der Waals surface area contributed by atoms with Gasteiger partial charge >= 0.3 is 0 Å². The first-order chi connectivity index (χ1) is 29.7. The smallest absolute Gasteiger partial charge is 0.263 e. The zero-order valence-corrected chi connectivity index (χ0v) is 32.1. The summed E-state index contributed by atoms with van der Waals surface area (Å²) in [5.41, 5.74) is 12.6. The van der Waals surface area contributed by atoms with E-state index in [4.69, 9.17) is 4.42 Å². The molecule has 14 aromatic rings. The Morgan fingerprint density at radius 2 is 0.933 bits per heavy atom. The van der Waals surface area contributed by atoms with Crippen molar-refractivity contribution in [3.63, 3.8) is 0 Å². The van der Waals surface area contributed by atoms with Crippen LogP contribution in [0.3, 0.4) is 0 Å². The molecule has 0 N–H and O–H groups in total. The van der Waals surface area contributed by atoms with Gasteiger partial charge in [0.25, 0.3) is 5.56 Å². The van der Waals surface area contributed by atoms with Crippen molar-refractivity contribution < 1.29 is 4.42 Å². The Balaban J connectivity index is 1.02. The van der Waals surface area contributed by atoms with E-state index in [0.717, 1.165) is 88.1 Å². The second kappa shape index (κ2) is 11.5. The second-order valence-electron chi connectivity index (χ2n) is 16.0. The number of furan rings is 1. The number of aromatic nitrogens is 3. The zero-order valence-electron chi connectivity index (χ0n) is 32.1. The van der Waals surface area contributed by atoms with Gasteiger partial charge in [-0.05, 0) is 89.8 Å². The molecule has 9 aromatic carbocycles. The molecular weight excluding hydrogens is 735 g/mol. The third-order valence-corrected chi connectivity index (χ3v) is 13.0. The maximum absolute atomic E-state index is 14.0. The van der Waals surface area contributed by atoms with Gasteiger partial charge in [-0.1, -0.05) is 109 Å². The summed E-state index contributed by atoms with van der Waals surface area (Å²) in [6.07, 6.45) is 0. The van der Waals surface area contributed by atoms with Gasteiger partial charge in [-0.25, -0.2) is 0 Å². The highest BCUT2D eigenvalue weighted by Crippen LogP contribution is 2.45. The van der Waals surface area contributed by atoms with Crippen LogP contribution < -0.4 is 5.56 Å². The average molecular weight is 766 g/mol. The number of hydrogen-bond acceptors (Lipinski definition) is 2. The van der Waals surface area contributed by atoms with Gasteiger partial charge in [0.05, 0.1) is 33.1 Å². The number of fused-ring (bicyclic) bond motifs is 15. The van der Waals surface area contributed by atoms with E-state index in [-0.39, 0.29) is 5.56 Å². The molecule has 5 heterocycles. The molecule has 278 valence electrons. The summed E-state index contributed by atoms with van der Waals surface area (Å²) >= 11 is 0. The number of nitrogens with zero attached hydrogens (tertiary/aromatic N) is 3. The van der Waals surface area contributed by atoms with Crippen molar-refractivity contribution >= 4 is 104 Å². The molecule has 5 heteroatoms. The van der Waals surface area contributed by atoms with Gasteiger partial charge in [-0.3, -0.25) is 9.20 Å². The third kappa shape index (κ3) is 4.03. The maximum Gasteiger partial charge on any atom is 0.263 e. The molecule has 0 unspecified atom stereocenters. The number of pyridine rings is 1. The van der Waals surface area contributed by atoms with E-state index < -0.39 is 0 Å². The van der Waals surface area contributed by atoms with E-state index in [0.29, 0.717) is 5.39 Å². The largest absolute Gasteiger partial charge is 0.455 e. The molecule has 0 fully saturated rings. The zero-order chi connectivity index (χ0) is 39.2. The molecular formula is C55H31N3O2. The molecule has 0 radical (unpaired) electrons. The first-order valence-electron chi connectivity index (χ1n) is 20.4. The van der Waals surface area contributed by atoms with Gasteiger partial charge in [-0.15, -0.1) is 0 Å². The maximum atomic E-state index is 14.0. The first-order valence-corrected chi connectivity index (χ1v) is 20.4. The Morgan fingerprint density at radius 3 is 1.65 bits per heavy atom. The van der Waals surface area contributed by atoms with Gasteiger partial charge in [0.15, 0.2) is 0 Å². The van der Waals surface area contributed by atoms with E-state index in [1.54, 1.807) is 0 Å². The molecule has 14 rings (SSSR count). The fourth-order valence-electron chi connectivity index (χ4n) is 10.5. The monoisotopic (exact) mass is 765 g/mol. The summed E-state index contributed by atoms with van der Waals surface area (Å²) in [6.45, 7) is 0. The Bertz CT molecular complexity index is 4200. The van der Waals surface area contributed by atoms with Crippen LogP contribution in [0.5, 0.6) is 0 Å². The summed E-state index contributed by atoms with van der Waals surface area (Å²) in [4.78, 5) is 14.0. The highest BCUT2D eigenvalue weighted by atomic mass is 16.3. The molecule has 0 saturated carbocycles. The molecule has 5 aromatic heterocycles. The van der Waals surface area contributed by atoms with Gasteiger partial charge in [0, 0.05) is 70.8 Å². The van der Waals surface area contributed by atoms with Crippen molar-refractivity contribution in [2.75, 3.05) is 0 Å². The lowest BCUT2D eigenvalue weighted by Gasteiger charge is -2.10. The predicted molar refractivity (Wildman–Crippen MR) is 249 cm³/mol. The quantitative estimate of drug-likeness (QED) is 0.168. The summed E-state index contributed by atoms with van der Waals surface area (Å²) < 4.78 is 13.5. The van der Waals surface area contributed by atoms with Crippen LogP contribution in [-0.2, 0) is 0 Å². The van der Waals surface area contributed by atoms with Crippen molar-refractivity contribution in [2.24, 2.45) is 0 Å². The van der Waals surface area contributed by atoms with Gasteiger partial charge < -0.3 is 13.6 Å². The lowest BCUT2D eigenvalue weighted by molar-refractivity contribution is 0.670. The molecule has 0 aliphatic heterocycles. The fourth-order valence-corrected chi connectivity index (χ4v) is 10.5. The van der Waals surface area contributed by atoms with E-state index in [9.17, 15) is 4.79 Å². The van der Waals surface area contributed by atoms with E-state index in [1.165, 1.54) is 32.6 Å².